The maximum atomic E-state index is 14.1. The maximum Gasteiger partial charge on any atom is 0.159 e. The molecule has 0 saturated heterocycles. The number of nitrogens with one attached hydrogen (secondary N) is 1. The topological polar surface area (TPSA) is 41.6 Å². The Morgan fingerprint density at radius 2 is 1.06 bits per heavy atom. The van der Waals surface area contributed by atoms with E-state index in [4.69, 9.17) is 0 Å². The van der Waals surface area contributed by atoms with Crippen molar-refractivity contribution in [2.24, 2.45) is 0 Å². The second-order valence-corrected chi connectivity index (χ2v) is 7.50. The Morgan fingerprint density at radius 1 is 0.562 bits per heavy atom. The molecule has 4 aromatic carbocycles. The number of H-pyrrole nitrogens is 1. The van der Waals surface area contributed by atoms with Crippen molar-refractivity contribution in [1.82, 2.24) is 15.4 Å². The van der Waals surface area contributed by atoms with Crippen LogP contribution in [0.5, 0.6) is 0 Å². The number of hydrogen-bond acceptors (Lipinski definition) is 2. The molecule has 0 aliphatic carbocycles. The summed E-state index contributed by atoms with van der Waals surface area (Å²) in [7, 11) is 0. The molecule has 0 radical (unpaired) electrons. The molecular formula is C27H19F2N3. The van der Waals surface area contributed by atoms with E-state index in [0.717, 1.165) is 28.8 Å². The lowest BCUT2D eigenvalue weighted by atomic mass is 9.66. The van der Waals surface area contributed by atoms with Gasteiger partial charge in [0.25, 0.3) is 0 Å². The summed E-state index contributed by atoms with van der Waals surface area (Å²) in [6.07, 6.45) is 0. The lowest BCUT2D eigenvalue weighted by Crippen LogP contribution is -2.32. The zero-order valence-corrected chi connectivity index (χ0v) is 17.0. The Labute approximate surface area is 184 Å². The van der Waals surface area contributed by atoms with Crippen LogP contribution >= 0.6 is 0 Å². The summed E-state index contributed by atoms with van der Waals surface area (Å²) in [4.78, 5) is 0. The van der Waals surface area contributed by atoms with Crippen LogP contribution in [0.15, 0.2) is 109 Å². The summed E-state index contributed by atoms with van der Waals surface area (Å²) in [5.41, 5.74) is 3.62. The molecule has 3 nitrogen and oxygen atoms in total. The van der Waals surface area contributed by atoms with E-state index in [1.54, 1.807) is 0 Å². The molecule has 0 saturated carbocycles. The Hall–Kier alpha value is -4.12. The molecule has 0 spiro atoms. The second-order valence-electron chi connectivity index (χ2n) is 7.50. The van der Waals surface area contributed by atoms with Gasteiger partial charge in [-0.05, 0) is 34.9 Å². The summed E-state index contributed by atoms with van der Waals surface area (Å²) in [6, 6.07) is 33.8. The Morgan fingerprint density at radius 3 is 1.53 bits per heavy atom. The van der Waals surface area contributed by atoms with Crippen LogP contribution < -0.4 is 0 Å². The number of hydrogen-bond donors (Lipinski definition) is 1. The molecule has 1 N–H and O–H groups in total. The number of benzene rings is 4. The molecule has 5 aromatic rings. The predicted molar refractivity (Wildman–Crippen MR) is 120 cm³/mol. The zero-order valence-electron chi connectivity index (χ0n) is 17.0. The highest BCUT2D eigenvalue weighted by Crippen LogP contribution is 2.46. The first kappa shape index (κ1) is 19.8. The number of aromatic nitrogens is 3. The Bertz CT molecular complexity index is 1240. The van der Waals surface area contributed by atoms with Crippen LogP contribution in [-0.4, -0.2) is 15.4 Å². The number of halogens is 2. The summed E-state index contributed by atoms with van der Waals surface area (Å²) < 4.78 is 27.8. The van der Waals surface area contributed by atoms with Crippen molar-refractivity contribution >= 4 is 0 Å². The van der Waals surface area contributed by atoms with Gasteiger partial charge in [-0.2, -0.15) is 15.4 Å². The smallest absolute Gasteiger partial charge is 0.159 e. The predicted octanol–water partition coefficient (Wildman–Crippen LogP) is 6.13. The van der Waals surface area contributed by atoms with Crippen LogP contribution in [0.3, 0.4) is 0 Å². The van der Waals surface area contributed by atoms with Gasteiger partial charge in [-0.25, -0.2) is 8.78 Å². The van der Waals surface area contributed by atoms with Gasteiger partial charge >= 0.3 is 0 Å². The van der Waals surface area contributed by atoms with Crippen LogP contribution in [-0.2, 0) is 5.41 Å². The lowest BCUT2D eigenvalue weighted by Gasteiger charge is -2.35. The third-order valence-corrected chi connectivity index (χ3v) is 5.72. The fourth-order valence-corrected chi connectivity index (χ4v) is 4.31. The van der Waals surface area contributed by atoms with E-state index in [9.17, 15) is 8.78 Å². The molecule has 32 heavy (non-hydrogen) atoms. The van der Waals surface area contributed by atoms with Crippen molar-refractivity contribution < 1.29 is 8.78 Å². The standard InChI is InChI=1S/C27H19F2N3/c28-23-17-16-19(18-24(23)29)25-26(31-32-30-25)27(20-10-4-1-5-11-20,21-12-6-2-7-13-21)22-14-8-3-9-15-22/h1-18H,(H,30,31,32). The Kier molecular flexibility index (Phi) is 5.07. The number of nitrogens with zero attached hydrogens (tertiary/aromatic N) is 2. The van der Waals surface area contributed by atoms with Crippen LogP contribution in [0.2, 0.25) is 0 Å². The van der Waals surface area contributed by atoms with Gasteiger partial charge in [-0.15, -0.1) is 0 Å². The van der Waals surface area contributed by atoms with Crippen LogP contribution in [0, 0.1) is 11.6 Å². The van der Waals surface area contributed by atoms with E-state index in [1.807, 2.05) is 91.0 Å². The molecule has 156 valence electrons. The molecule has 5 heteroatoms. The fourth-order valence-electron chi connectivity index (χ4n) is 4.31. The molecule has 0 aliphatic heterocycles. The summed E-state index contributed by atoms with van der Waals surface area (Å²) in [6.45, 7) is 0. The first-order chi connectivity index (χ1) is 15.7. The first-order valence-electron chi connectivity index (χ1n) is 10.2. The molecule has 0 amide bonds. The average molecular weight is 423 g/mol. The van der Waals surface area contributed by atoms with Gasteiger partial charge in [0.05, 0.1) is 5.41 Å². The minimum absolute atomic E-state index is 0.444. The molecule has 5 rings (SSSR count). The van der Waals surface area contributed by atoms with E-state index in [2.05, 4.69) is 15.4 Å². The van der Waals surface area contributed by atoms with Gasteiger partial charge in [0.1, 0.15) is 11.4 Å². The van der Waals surface area contributed by atoms with Crippen molar-refractivity contribution in [3.05, 3.63) is 143 Å². The van der Waals surface area contributed by atoms with E-state index in [0.29, 0.717) is 17.0 Å². The van der Waals surface area contributed by atoms with Gasteiger partial charge in [0.2, 0.25) is 0 Å². The van der Waals surface area contributed by atoms with E-state index >= 15 is 0 Å². The second kappa shape index (κ2) is 8.19. The monoisotopic (exact) mass is 423 g/mol. The highest BCUT2D eigenvalue weighted by molar-refractivity contribution is 5.70. The molecule has 1 aromatic heterocycles. The molecule has 0 fully saturated rings. The zero-order chi connectivity index (χ0) is 22.0. The largest absolute Gasteiger partial charge is 0.204 e. The van der Waals surface area contributed by atoms with Crippen molar-refractivity contribution in [3.8, 4) is 11.3 Å². The van der Waals surface area contributed by atoms with Gasteiger partial charge in [-0.1, -0.05) is 91.0 Å². The third-order valence-electron chi connectivity index (χ3n) is 5.72. The summed E-state index contributed by atoms with van der Waals surface area (Å²) in [5, 5.41) is 11.7. The summed E-state index contributed by atoms with van der Waals surface area (Å²) in [5.74, 6) is -1.83. The summed E-state index contributed by atoms with van der Waals surface area (Å²) >= 11 is 0. The molecule has 0 bridgehead atoms. The molecule has 0 aliphatic rings. The minimum Gasteiger partial charge on any atom is -0.204 e. The van der Waals surface area contributed by atoms with Crippen LogP contribution in [0.4, 0.5) is 8.78 Å². The maximum absolute atomic E-state index is 14.1. The van der Waals surface area contributed by atoms with Gasteiger partial charge in [-0.3, -0.25) is 0 Å². The molecule has 0 atom stereocenters. The van der Waals surface area contributed by atoms with Crippen molar-refractivity contribution in [3.63, 3.8) is 0 Å². The van der Waals surface area contributed by atoms with Gasteiger partial charge < -0.3 is 0 Å². The molecule has 0 unspecified atom stereocenters. The van der Waals surface area contributed by atoms with Crippen LogP contribution in [0.1, 0.15) is 22.4 Å². The highest BCUT2D eigenvalue weighted by atomic mass is 19.2. The van der Waals surface area contributed by atoms with E-state index < -0.39 is 17.0 Å². The van der Waals surface area contributed by atoms with Crippen LogP contribution in [0.25, 0.3) is 11.3 Å². The van der Waals surface area contributed by atoms with E-state index in [-0.39, 0.29) is 0 Å². The molecular weight excluding hydrogens is 404 g/mol. The Balaban J connectivity index is 1.89. The number of aromatic amines is 1. The van der Waals surface area contributed by atoms with Gasteiger partial charge in [0.15, 0.2) is 11.6 Å². The molecule has 1 heterocycles. The lowest BCUT2D eigenvalue weighted by molar-refractivity contribution is 0.509. The van der Waals surface area contributed by atoms with Crippen molar-refractivity contribution in [2.45, 2.75) is 5.41 Å². The number of rotatable bonds is 5. The minimum atomic E-state index is -0.929. The third kappa shape index (κ3) is 3.19. The SMILES string of the molecule is Fc1ccc(-c2n[nH]nc2C(c2ccccc2)(c2ccccc2)c2ccccc2)cc1F. The van der Waals surface area contributed by atoms with Gasteiger partial charge in [0, 0.05) is 5.56 Å². The van der Waals surface area contributed by atoms with E-state index in [1.165, 1.54) is 6.07 Å². The van der Waals surface area contributed by atoms with Crippen molar-refractivity contribution in [1.29, 1.82) is 0 Å². The highest BCUT2D eigenvalue weighted by Gasteiger charge is 2.42. The first-order valence-corrected chi connectivity index (χ1v) is 10.2. The normalized spacial score (nSPS) is 11.4. The average Bonchev–Trinajstić information content (AvgIpc) is 3.34. The van der Waals surface area contributed by atoms with Crippen molar-refractivity contribution in [2.75, 3.05) is 0 Å². The fraction of sp³-hybridized carbons (Fsp3) is 0.0370. The quantitative estimate of drug-likeness (QED) is 0.345.